The van der Waals surface area contributed by atoms with E-state index >= 15 is 0 Å². The van der Waals surface area contributed by atoms with E-state index in [1.54, 1.807) is 6.07 Å². The van der Waals surface area contributed by atoms with Crippen molar-refractivity contribution < 1.29 is 0 Å². The average molecular weight is 330 g/mol. The zero-order valence-electron chi connectivity index (χ0n) is 14.4. The molecule has 0 fully saturated rings. The van der Waals surface area contributed by atoms with Crippen molar-refractivity contribution in [3.8, 4) is 11.3 Å². The molecule has 2 N–H and O–H groups in total. The number of aromatic nitrogens is 2. The van der Waals surface area contributed by atoms with Crippen molar-refractivity contribution in [2.24, 2.45) is 0 Å². The summed E-state index contributed by atoms with van der Waals surface area (Å²) in [5, 5.41) is 8.21. The molecule has 4 heteroatoms. The summed E-state index contributed by atoms with van der Waals surface area (Å²) in [5.74, 6) is 0.884. The highest BCUT2D eigenvalue weighted by atomic mass is 15.1. The maximum atomic E-state index is 5.66. The number of hydrogen-bond donors (Lipinski definition) is 1. The predicted molar refractivity (Wildman–Crippen MR) is 101 cm³/mol. The van der Waals surface area contributed by atoms with Gasteiger partial charge in [0.2, 0.25) is 0 Å². The van der Waals surface area contributed by atoms with Crippen LogP contribution in [0.25, 0.3) is 11.3 Å². The maximum absolute atomic E-state index is 5.66. The van der Waals surface area contributed by atoms with Crippen molar-refractivity contribution in [2.45, 2.75) is 18.9 Å². The normalized spacial score (nSPS) is 17.7. The lowest BCUT2D eigenvalue weighted by molar-refractivity contribution is 0.328. The van der Waals surface area contributed by atoms with Gasteiger partial charge in [0, 0.05) is 18.0 Å². The summed E-state index contributed by atoms with van der Waals surface area (Å²) in [4.78, 5) is 2.39. The number of hydrogen-bond acceptors (Lipinski definition) is 4. The maximum Gasteiger partial charge on any atom is 0.146 e. The van der Waals surface area contributed by atoms with Crippen LogP contribution in [0.4, 0.5) is 5.82 Å². The van der Waals surface area contributed by atoms with Crippen LogP contribution < -0.4 is 5.73 Å². The van der Waals surface area contributed by atoms with E-state index in [-0.39, 0.29) is 0 Å². The smallest absolute Gasteiger partial charge is 0.146 e. The number of anilines is 1. The highest BCUT2D eigenvalue weighted by Gasteiger charge is 2.22. The number of nitrogen functional groups attached to an aromatic ring is 1. The molecule has 0 aliphatic carbocycles. The van der Waals surface area contributed by atoms with Crippen LogP contribution in [0.1, 0.15) is 29.0 Å². The first kappa shape index (κ1) is 15.8. The minimum absolute atomic E-state index is 0.438. The molecular weight excluding hydrogens is 308 g/mol. The Labute approximate surface area is 148 Å². The van der Waals surface area contributed by atoms with Crippen molar-refractivity contribution >= 4 is 5.82 Å². The second-order valence-corrected chi connectivity index (χ2v) is 6.75. The molecule has 4 nitrogen and oxygen atoms in total. The predicted octanol–water partition coefficient (Wildman–Crippen LogP) is 3.69. The molecular formula is C21H22N4. The van der Waals surface area contributed by atoms with E-state index < -0.39 is 0 Å². The minimum Gasteiger partial charge on any atom is -0.382 e. The van der Waals surface area contributed by atoms with Gasteiger partial charge in [-0.1, -0.05) is 42.5 Å². The molecule has 0 saturated heterocycles. The Balaban J connectivity index is 1.77. The number of nitrogens with zero attached hydrogens (tertiary/aromatic N) is 3. The molecule has 2 heterocycles. The molecule has 1 atom stereocenters. The average Bonchev–Trinajstić information content (AvgIpc) is 2.80. The molecule has 25 heavy (non-hydrogen) atoms. The third-order valence-corrected chi connectivity index (χ3v) is 4.94. The second kappa shape index (κ2) is 6.65. The van der Waals surface area contributed by atoms with Crippen LogP contribution in [0.15, 0.2) is 60.7 Å². The van der Waals surface area contributed by atoms with Crippen LogP contribution in [0.5, 0.6) is 0 Å². The molecule has 0 bridgehead atoms. The highest BCUT2D eigenvalue weighted by Crippen LogP contribution is 2.35. The molecule has 1 aliphatic rings. The molecule has 3 aromatic rings. The summed E-state index contributed by atoms with van der Waals surface area (Å²) >= 11 is 0. The van der Waals surface area contributed by atoms with Gasteiger partial charge in [-0.15, -0.1) is 10.2 Å². The molecule has 0 saturated carbocycles. The summed E-state index contributed by atoms with van der Waals surface area (Å²) < 4.78 is 0. The first-order valence-electron chi connectivity index (χ1n) is 8.66. The Morgan fingerprint density at radius 2 is 1.84 bits per heavy atom. The Bertz CT molecular complexity index is 859. The second-order valence-electron chi connectivity index (χ2n) is 6.75. The summed E-state index contributed by atoms with van der Waals surface area (Å²) in [7, 11) is 2.19. The first-order chi connectivity index (χ1) is 12.2. The Hall–Kier alpha value is -2.72. The van der Waals surface area contributed by atoms with E-state index in [0.29, 0.717) is 11.7 Å². The Morgan fingerprint density at radius 1 is 1.00 bits per heavy atom. The fourth-order valence-corrected chi connectivity index (χ4v) is 3.64. The molecule has 4 rings (SSSR count). The van der Waals surface area contributed by atoms with Crippen molar-refractivity contribution in [3.05, 3.63) is 77.4 Å². The zero-order valence-corrected chi connectivity index (χ0v) is 14.4. The lowest BCUT2D eigenvalue weighted by Gasteiger charge is -2.18. The summed E-state index contributed by atoms with van der Waals surface area (Å²) in [6.45, 7) is 2.04. The van der Waals surface area contributed by atoms with Gasteiger partial charge in [0.15, 0.2) is 0 Å². The van der Waals surface area contributed by atoms with Crippen LogP contribution in [0.3, 0.4) is 0 Å². The van der Waals surface area contributed by atoms with E-state index in [0.717, 1.165) is 30.8 Å². The van der Waals surface area contributed by atoms with Gasteiger partial charge in [-0.3, -0.25) is 0 Å². The zero-order chi connectivity index (χ0) is 17.2. The highest BCUT2D eigenvalue weighted by molar-refractivity contribution is 5.62. The quantitative estimate of drug-likeness (QED) is 0.778. The SMILES string of the molecule is CN1CCC(c2ccccc2)c2ccc(-c3ccc(N)nn3)cc2C1. The standard InChI is InChI=1S/C21H22N4/c1-25-12-11-19(15-5-3-2-4-6-15)18-8-7-16(13-17(18)14-25)20-9-10-21(22)24-23-20/h2-10,13,19H,11-12,14H2,1H3,(H2,22,24). The number of nitrogens with two attached hydrogens (primary N) is 1. The van der Waals surface area contributed by atoms with Crippen LogP contribution in [-0.2, 0) is 6.54 Å². The van der Waals surface area contributed by atoms with Gasteiger partial charge >= 0.3 is 0 Å². The fraction of sp³-hybridized carbons (Fsp3) is 0.238. The molecule has 1 unspecified atom stereocenters. The van der Waals surface area contributed by atoms with Crippen molar-refractivity contribution in [1.82, 2.24) is 15.1 Å². The van der Waals surface area contributed by atoms with Crippen molar-refractivity contribution in [1.29, 1.82) is 0 Å². The van der Waals surface area contributed by atoms with Gasteiger partial charge in [0.25, 0.3) is 0 Å². The lowest BCUT2D eigenvalue weighted by atomic mass is 9.86. The van der Waals surface area contributed by atoms with Crippen LogP contribution >= 0.6 is 0 Å². The van der Waals surface area contributed by atoms with E-state index in [2.05, 4.69) is 70.7 Å². The van der Waals surface area contributed by atoms with Gasteiger partial charge in [0.1, 0.15) is 5.82 Å². The number of rotatable bonds is 2. The Kier molecular flexibility index (Phi) is 4.20. The molecule has 0 spiro atoms. The third kappa shape index (κ3) is 3.26. The van der Waals surface area contributed by atoms with Gasteiger partial charge < -0.3 is 10.6 Å². The first-order valence-corrected chi connectivity index (χ1v) is 8.66. The van der Waals surface area contributed by atoms with Crippen molar-refractivity contribution in [2.75, 3.05) is 19.3 Å². The molecule has 126 valence electrons. The monoisotopic (exact) mass is 330 g/mol. The van der Waals surface area contributed by atoms with Crippen LogP contribution in [0.2, 0.25) is 0 Å². The largest absolute Gasteiger partial charge is 0.382 e. The topological polar surface area (TPSA) is 55.0 Å². The fourth-order valence-electron chi connectivity index (χ4n) is 3.64. The van der Waals surface area contributed by atoms with E-state index in [9.17, 15) is 0 Å². The molecule has 0 amide bonds. The molecule has 1 aromatic heterocycles. The minimum atomic E-state index is 0.438. The summed E-state index contributed by atoms with van der Waals surface area (Å²) in [6, 6.07) is 21.2. The van der Waals surface area contributed by atoms with Crippen LogP contribution in [0, 0.1) is 0 Å². The third-order valence-electron chi connectivity index (χ3n) is 4.94. The molecule has 2 aromatic carbocycles. The van der Waals surface area contributed by atoms with Gasteiger partial charge in [-0.25, -0.2) is 0 Å². The molecule has 0 radical (unpaired) electrons. The number of benzene rings is 2. The van der Waals surface area contributed by atoms with Gasteiger partial charge in [0.05, 0.1) is 5.69 Å². The van der Waals surface area contributed by atoms with E-state index in [4.69, 9.17) is 5.73 Å². The Morgan fingerprint density at radius 3 is 2.60 bits per heavy atom. The van der Waals surface area contributed by atoms with Crippen LogP contribution in [-0.4, -0.2) is 28.7 Å². The van der Waals surface area contributed by atoms with Gasteiger partial charge in [-0.2, -0.15) is 0 Å². The molecule has 1 aliphatic heterocycles. The number of fused-ring (bicyclic) bond motifs is 1. The van der Waals surface area contributed by atoms with E-state index in [1.807, 2.05) is 6.07 Å². The van der Waals surface area contributed by atoms with E-state index in [1.165, 1.54) is 16.7 Å². The van der Waals surface area contributed by atoms with Crippen molar-refractivity contribution in [3.63, 3.8) is 0 Å². The summed E-state index contributed by atoms with van der Waals surface area (Å²) in [5.41, 5.74) is 11.8. The lowest BCUT2D eigenvalue weighted by Crippen LogP contribution is -2.17. The van der Waals surface area contributed by atoms with Gasteiger partial charge in [-0.05, 0) is 54.9 Å². The summed E-state index contributed by atoms with van der Waals surface area (Å²) in [6.07, 6.45) is 1.13.